The number of rotatable bonds is 6. The molecule has 2 heterocycles. The maximum absolute atomic E-state index is 13.6. The summed E-state index contributed by atoms with van der Waals surface area (Å²) in [6, 6.07) is 13.7. The number of halogens is 1. The number of nitrogens with zero attached hydrogens (tertiary/aromatic N) is 2. The Labute approximate surface area is 177 Å². The number of guanidine groups is 1. The molecular formula is C24H30FN5. The number of aromatic amines is 1. The van der Waals surface area contributed by atoms with Crippen molar-refractivity contribution < 1.29 is 4.39 Å². The summed E-state index contributed by atoms with van der Waals surface area (Å²) in [5.41, 5.74) is 4.60. The van der Waals surface area contributed by atoms with Crippen molar-refractivity contribution in [2.75, 3.05) is 31.6 Å². The second-order valence-corrected chi connectivity index (χ2v) is 7.91. The van der Waals surface area contributed by atoms with Crippen LogP contribution in [0.15, 0.2) is 53.7 Å². The molecular weight excluding hydrogens is 377 g/mol. The Morgan fingerprint density at radius 1 is 1.20 bits per heavy atom. The van der Waals surface area contributed by atoms with Crippen molar-refractivity contribution in [3.05, 3.63) is 65.6 Å². The topological polar surface area (TPSA) is 55.5 Å². The van der Waals surface area contributed by atoms with Crippen molar-refractivity contribution in [3.8, 4) is 0 Å². The summed E-state index contributed by atoms with van der Waals surface area (Å²) in [6.45, 7) is 5.15. The van der Waals surface area contributed by atoms with E-state index in [-0.39, 0.29) is 11.9 Å². The first-order valence-electron chi connectivity index (χ1n) is 10.7. The van der Waals surface area contributed by atoms with Crippen molar-refractivity contribution in [2.24, 2.45) is 4.99 Å². The monoisotopic (exact) mass is 407 g/mol. The lowest BCUT2D eigenvalue weighted by Gasteiger charge is -2.22. The van der Waals surface area contributed by atoms with E-state index in [0.717, 1.165) is 41.9 Å². The molecule has 158 valence electrons. The van der Waals surface area contributed by atoms with Crippen molar-refractivity contribution in [2.45, 2.75) is 32.2 Å². The van der Waals surface area contributed by atoms with Crippen molar-refractivity contribution >= 4 is 22.5 Å². The molecule has 1 aromatic heterocycles. The van der Waals surface area contributed by atoms with Gasteiger partial charge in [-0.05, 0) is 67.6 Å². The van der Waals surface area contributed by atoms with Gasteiger partial charge in [-0.25, -0.2) is 4.39 Å². The van der Waals surface area contributed by atoms with Gasteiger partial charge in [0.1, 0.15) is 5.82 Å². The van der Waals surface area contributed by atoms with E-state index in [9.17, 15) is 4.39 Å². The van der Waals surface area contributed by atoms with Crippen molar-refractivity contribution in [1.29, 1.82) is 0 Å². The predicted molar refractivity (Wildman–Crippen MR) is 123 cm³/mol. The van der Waals surface area contributed by atoms with Crippen LogP contribution in [0.25, 0.3) is 10.9 Å². The van der Waals surface area contributed by atoms with Crippen molar-refractivity contribution in [1.82, 2.24) is 15.6 Å². The molecule has 1 aliphatic rings. The minimum atomic E-state index is -0.209. The lowest BCUT2D eigenvalue weighted by atomic mass is 10.1. The van der Waals surface area contributed by atoms with Gasteiger partial charge in [0.25, 0.3) is 0 Å². The minimum absolute atomic E-state index is 0.140. The summed E-state index contributed by atoms with van der Waals surface area (Å²) in [5, 5.41) is 7.79. The van der Waals surface area contributed by atoms with Gasteiger partial charge >= 0.3 is 0 Å². The zero-order valence-electron chi connectivity index (χ0n) is 17.7. The van der Waals surface area contributed by atoms with Gasteiger partial charge in [0.05, 0.1) is 6.04 Å². The van der Waals surface area contributed by atoms with Gasteiger partial charge in [0.15, 0.2) is 5.96 Å². The van der Waals surface area contributed by atoms with Crippen LogP contribution in [0.3, 0.4) is 0 Å². The number of H-pyrrole nitrogens is 1. The van der Waals surface area contributed by atoms with Crippen LogP contribution >= 0.6 is 0 Å². The maximum atomic E-state index is 13.6. The average Bonchev–Trinajstić information content (AvgIpc) is 3.43. The summed E-state index contributed by atoms with van der Waals surface area (Å²) in [6.07, 6.45) is 5.28. The second kappa shape index (κ2) is 9.20. The number of benzene rings is 2. The van der Waals surface area contributed by atoms with Gasteiger partial charge in [0.2, 0.25) is 0 Å². The van der Waals surface area contributed by atoms with Gasteiger partial charge in [-0.15, -0.1) is 0 Å². The third kappa shape index (κ3) is 4.58. The molecule has 0 spiro atoms. The SMILES string of the molecule is CN=C(NCCc1c[nH]c2ccc(F)cc12)NC(C)c1cccc(N2CCCC2)c1. The molecule has 1 saturated heterocycles. The van der Waals surface area contributed by atoms with Crippen LogP contribution in [0.1, 0.15) is 36.9 Å². The standard InChI is InChI=1S/C24H30FN5/c1-17(18-6-5-7-21(14-18)30-12-3-4-13-30)29-24(26-2)27-11-10-19-16-28-23-9-8-20(25)15-22(19)23/h5-9,14-17,28H,3-4,10-13H2,1-2H3,(H2,26,27,29). The fraction of sp³-hybridized carbons (Fsp3) is 0.375. The second-order valence-electron chi connectivity index (χ2n) is 7.91. The first-order valence-corrected chi connectivity index (χ1v) is 10.7. The Bertz CT molecular complexity index is 1020. The van der Waals surface area contributed by atoms with E-state index in [1.54, 1.807) is 19.2 Å². The highest BCUT2D eigenvalue weighted by Gasteiger charge is 2.14. The largest absolute Gasteiger partial charge is 0.372 e. The summed E-state index contributed by atoms with van der Waals surface area (Å²) in [4.78, 5) is 10.0. The molecule has 1 aliphatic heterocycles. The normalized spacial score (nSPS) is 15.6. The zero-order chi connectivity index (χ0) is 20.9. The molecule has 0 bridgehead atoms. The van der Waals surface area contributed by atoms with Crippen LogP contribution in [-0.4, -0.2) is 37.6 Å². The van der Waals surface area contributed by atoms with E-state index in [0.29, 0.717) is 6.54 Å². The molecule has 6 heteroatoms. The predicted octanol–water partition coefficient (Wildman–Crippen LogP) is 4.38. The molecule has 3 aromatic rings. The first-order chi connectivity index (χ1) is 14.6. The lowest BCUT2D eigenvalue weighted by Crippen LogP contribution is -2.39. The molecule has 5 nitrogen and oxygen atoms in total. The van der Waals surface area contributed by atoms with Gasteiger partial charge in [-0.2, -0.15) is 0 Å². The van der Waals surface area contributed by atoms with E-state index in [1.807, 2.05) is 6.20 Å². The highest BCUT2D eigenvalue weighted by Crippen LogP contribution is 2.24. The van der Waals surface area contributed by atoms with Crippen LogP contribution in [0.5, 0.6) is 0 Å². The van der Waals surface area contributed by atoms with E-state index >= 15 is 0 Å². The number of fused-ring (bicyclic) bond motifs is 1. The minimum Gasteiger partial charge on any atom is -0.372 e. The van der Waals surface area contributed by atoms with Gasteiger partial charge in [0, 0.05) is 49.5 Å². The Kier molecular flexibility index (Phi) is 6.21. The molecule has 4 rings (SSSR count). The number of hydrogen-bond donors (Lipinski definition) is 3. The molecule has 0 aliphatic carbocycles. The molecule has 0 amide bonds. The quantitative estimate of drug-likeness (QED) is 0.420. The lowest BCUT2D eigenvalue weighted by molar-refractivity contribution is 0.629. The van der Waals surface area contributed by atoms with E-state index < -0.39 is 0 Å². The van der Waals surface area contributed by atoms with Crippen LogP contribution in [0.4, 0.5) is 10.1 Å². The molecule has 1 fully saturated rings. The summed E-state index contributed by atoms with van der Waals surface area (Å²) >= 11 is 0. The summed E-state index contributed by atoms with van der Waals surface area (Å²) in [7, 11) is 1.78. The number of hydrogen-bond acceptors (Lipinski definition) is 2. The highest BCUT2D eigenvalue weighted by molar-refractivity contribution is 5.83. The fourth-order valence-electron chi connectivity index (χ4n) is 4.12. The number of nitrogens with one attached hydrogen (secondary N) is 3. The third-order valence-electron chi connectivity index (χ3n) is 5.83. The molecule has 0 saturated carbocycles. The number of anilines is 1. The highest BCUT2D eigenvalue weighted by atomic mass is 19.1. The Hall–Kier alpha value is -3.02. The van der Waals surface area contributed by atoms with Crippen molar-refractivity contribution in [3.63, 3.8) is 0 Å². The van der Waals surface area contributed by atoms with E-state index in [1.165, 1.54) is 30.2 Å². The van der Waals surface area contributed by atoms with Crippen LogP contribution in [0.2, 0.25) is 0 Å². The number of aromatic nitrogens is 1. The maximum Gasteiger partial charge on any atom is 0.191 e. The molecule has 0 radical (unpaired) electrons. The smallest absolute Gasteiger partial charge is 0.191 e. The van der Waals surface area contributed by atoms with Gasteiger partial charge in [-0.3, -0.25) is 4.99 Å². The molecule has 1 atom stereocenters. The Morgan fingerprint density at radius 3 is 2.83 bits per heavy atom. The Morgan fingerprint density at radius 2 is 2.03 bits per heavy atom. The number of aliphatic imine (C=N–C) groups is 1. The average molecular weight is 408 g/mol. The summed E-state index contributed by atoms with van der Waals surface area (Å²) < 4.78 is 13.6. The van der Waals surface area contributed by atoms with Gasteiger partial charge in [-0.1, -0.05) is 12.1 Å². The fourth-order valence-corrected chi connectivity index (χ4v) is 4.12. The van der Waals surface area contributed by atoms with Crippen LogP contribution in [0, 0.1) is 5.82 Å². The molecule has 3 N–H and O–H groups in total. The molecule has 30 heavy (non-hydrogen) atoms. The molecule has 2 aromatic carbocycles. The molecule has 1 unspecified atom stereocenters. The van der Waals surface area contributed by atoms with Crippen LogP contribution in [-0.2, 0) is 6.42 Å². The van der Waals surface area contributed by atoms with E-state index in [4.69, 9.17) is 0 Å². The summed E-state index contributed by atoms with van der Waals surface area (Å²) in [5.74, 6) is 0.555. The first kappa shape index (κ1) is 20.3. The van der Waals surface area contributed by atoms with E-state index in [2.05, 4.69) is 56.7 Å². The third-order valence-corrected chi connectivity index (χ3v) is 5.83. The zero-order valence-corrected chi connectivity index (χ0v) is 17.7. The van der Waals surface area contributed by atoms with Gasteiger partial charge < -0.3 is 20.5 Å². The van der Waals surface area contributed by atoms with Crippen LogP contribution < -0.4 is 15.5 Å². The Balaban J connectivity index is 1.34.